The molecule has 2 N–H and O–H groups in total. The third-order valence-electron chi connectivity index (χ3n) is 4.25. The Balaban J connectivity index is 1.62. The number of para-hydroxylation sites is 1. The second kappa shape index (κ2) is 10.1. The third-order valence-corrected chi connectivity index (χ3v) is 4.80. The van der Waals surface area contributed by atoms with Crippen LogP contribution in [0.4, 0.5) is 5.82 Å². The molecule has 1 amide bonds. The smallest absolute Gasteiger partial charge is 0.260 e. The monoisotopic (exact) mass is 414 g/mol. The molecule has 3 aromatic rings. The Labute approximate surface area is 174 Å². The van der Waals surface area contributed by atoms with Crippen molar-refractivity contribution in [3.63, 3.8) is 0 Å². The molecular weight excluding hydrogens is 388 g/mol. The number of anilines is 1. The fourth-order valence-electron chi connectivity index (χ4n) is 2.75. The van der Waals surface area contributed by atoms with Crippen molar-refractivity contribution < 1.29 is 9.53 Å². The van der Waals surface area contributed by atoms with E-state index in [9.17, 15) is 4.79 Å². The Morgan fingerprint density at radius 3 is 2.76 bits per heavy atom. The molecule has 29 heavy (non-hydrogen) atoms. The van der Waals surface area contributed by atoms with Crippen LogP contribution in [0.1, 0.15) is 20.3 Å². The molecule has 2 aromatic heterocycles. The maximum atomic E-state index is 12.3. The van der Waals surface area contributed by atoms with Crippen molar-refractivity contribution in [2.75, 3.05) is 24.7 Å². The van der Waals surface area contributed by atoms with Gasteiger partial charge < -0.3 is 15.4 Å². The zero-order valence-electron chi connectivity index (χ0n) is 16.9. The number of carbonyl (C=O) groups excluding carboxylic acids is 1. The number of amides is 1. The highest BCUT2D eigenvalue weighted by Gasteiger charge is 2.15. The lowest BCUT2D eigenvalue weighted by molar-refractivity contribution is -0.127. The summed E-state index contributed by atoms with van der Waals surface area (Å²) in [5.74, 6) is 1.29. The number of nitrogens with zero attached hydrogens (tertiary/aromatic N) is 4. The maximum Gasteiger partial charge on any atom is 0.260 e. The van der Waals surface area contributed by atoms with Gasteiger partial charge in [-0.2, -0.15) is 5.10 Å². The second-order valence-electron chi connectivity index (χ2n) is 6.45. The van der Waals surface area contributed by atoms with Crippen LogP contribution >= 0.6 is 11.8 Å². The summed E-state index contributed by atoms with van der Waals surface area (Å²) in [6.45, 7) is 5.60. The molecule has 9 heteroatoms. The van der Waals surface area contributed by atoms with Crippen molar-refractivity contribution in [3.05, 3.63) is 36.5 Å². The van der Waals surface area contributed by atoms with E-state index in [1.54, 1.807) is 17.8 Å². The molecule has 8 nitrogen and oxygen atoms in total. The average molecular weight is 415 g/mol. The van der Waals surface area contributed by atoms with Crippen molar-refractivity contribution in [3.8, 4) is 5.75 Å². The van der Waals surface area contributed by atoms with E-state index in [1.165, 1.54) is 11.8 Å². The number of carbonyl (C=O) groups is 1. The Morgan fingerprint density at radius 1 is 1.24 bits per heavy atom. The Bertz CT molecular complexity index is 947. The number of aromatic nitrogens is 4. The summed E-state index contributed by atoms with van der Waals surface area (Å²) in [6, 6.07) is 9.30. The molecule has 3 rings (SSSR count). The highest BCUT2D eigenvalue weighted by Crippen LogP contribution is 2.23. The highest BCUT2D eigenvalue weighted by molar-refractivity contribution is 7.98. The SMILES string of the molecule is CCCNc1nc(SC)nc2c1cnn2CCNC(=O)C(C)Oc1ccccc1. The van der Waals surface area contributed by atoms with E-state index in [2.05, 4.69) is 32.6 Å². The van der Waals surface area contributed by atoms with Crippen LogP contribution in [0.3, 0.4) is 0 Å². The van der Waals surface area contributed by atoms with E-state index in [0.717, 1.165) is 29.8 Å². The van der Waals surface area contributed by atoms with E-state index in [-0.39, 0.29) is 5.91 Å². The molecule has 0 fully saturated rings. The van der Waals surface area contributed by atoms with Crippen LogP contribution in [0.25, 0.3) is 11.0 Å². The first-order chi connectivity index (χ1) is 14.1. The predicted molar refractivity (Wildman–Crippen MR) is 115 cm³/mol. The van der Waals surface area contributed by atoms with Crippen LogP contribution in [-0.2, 0) is 11.3 Å². The van der Waals surface area contributed by atoms with E-state index in [0.29, 0.717) is 24.0 Å². The van der Waals surface area contributed by atoms with Crippen LogP contribution in [-0.4, -0.2) is 51.1 Å². The van der Waals surface area contributed by atoms with E-state index in [1.807, 2.05) is 36.6 Å². The molecule has 1 unspecified atom stereocenters. The quantitative estimate of drug-likeness (QED) is 0.389. The summed E-state index contributed by atoms with van der Waals surface area (Å²) in [5, 5.41) is 12.2. The van der Waals surface area contributed by atoms with Gasteiger partial charge in [-0.05, 0) is 31.7 Å². The van der Waals surface area contributed by atoms with Crippen molar-refractivity contribution in [1.29, 1.82) is 0 Å². The van der Waals surface area contributed by atoms with Crippen LogP contribution in [0.2, 0.25) is 0 Å². The van der Waals surface area contributed by atoms with Gasteiger partial charge in [-0.3, -0.25) is 4.79 Å². The van der Waals surface area contributed by atoms with Crippen LogP contribution in [0, 0.1) is 0 Å². The molecule has 0 saturated heterocycles. The van der Waals surface area contributed by atoms with E-state index < -0.39 is 6.10 Å². The minimum Gasteiger partial charge on any atom is -0.481 e. The zero-order chi connectivity index (χ0) is 20.6. The predicted octanol–water partition coefficient (Wildman–Crippen LogP) is 2.95. The van der Waals surface area contributed by atoms with Gasteiger partial charge in [0.1, 0.15) is 11.6 Å². The minimum absolute atomic E-state index is 0.171. The molecule has 2 heterocycles. The summed E-state index contributed by atoms with van der Waals surface area (Å²) in [7, 11) is 0. The Kier molecular flexibility index (Phi) is 7.29. The molecule has 0 aliphatic rings. The van der Waals surface area contributed by atoms with Crippen LogP contribution in [0.15, 0.2) is 41.7 Å². The fourth-order valence-corrected chi connectivity index (χ4v) is 3.11. The standard InChI is InChI=1S/C20H26N6O2S/c1-4-10-21-17-16-13-23-26(18(16)25-20(24-17)29-3)12-11-22-19(27)14(2)28-15-8-6-5-7-9-15/h5-9,13-14H,4,10-12H2,1-3H3,(H,22,27)(H,21,24,25). The number of hydrogen-bond donors (Lipinski definition) is 2. The molecule has 1 aromatic carbocycles. The first kappa shape index (κ1) is 20.9. The zero-order valence-corrected chi connectivity index (χ0v) is 17.7. The third kappa shape index (κ3) is 5.38. The number of thioether (sulfide) groups is 1. The van der Waals surface area contributed by atoms with Crippen LogP contribution < -0.4 is 15.4 Å². The fraction of sp³-hybridized carbons (Fsp3) is 0.400. The molecule has 154 valence electrons. The number of ether oxygens (including phenoxy) is 1. The molecule has 0 radical (unpaired) electrons. The van der Waals surface area contributed by atoms with E-state index >= 15 is 0 Å². The molecule has 0 aliphatic carbocycles. The summed E-state index contributed by atoms with van der Waals surface area (Å²) >= 11 is 1.49. The van der Waals surface area contributed by atoms with Gasteiger partial charge in [-0.25, -0.2) is 14.6 Å². The van der Waals surface area contributed by atoms with Crippen molar-refractivity contribution in [2.24, 2.45) is 0 Å². The molecule has 0 bridgehead atoms. The normalized spacial score (nSPS) is 12.0. The lowest BCUT2D eigenvalue weighted by Gasteiger charge is -2.14. The van der Waals surface area contributed by atoms with Crippen LogP contribution in [0.5, 0.6) is 5.75 Å². The van der Waals surface area contributed by atoms with E-state index in [4.69, 9.17) is 4.74 Å². The van der Waals surface area contributed by atoms with Crippen molar-refractivity contribution in [1.82, 2.24) is 25.1 Å². The van der Waals surface area contributed by atoms with Gasteiger partial charge >= 0.3 is 0 Å². The summed E-state index contributed by atoms with van der Waals surface area (Å²) in [5.41, 5.74) is 0.755. The second-order valence-corrected chi connectivity index (χ2v) is 7.23. The van der Waals surface area contributed by atoms with Crippen molar-refractivity contribution >= 4 is 34.5 Å². The number of nitrogens with one attached hydrogen (secondary N) is 2. The molecule has 0 saturated carbocycles. The van der Waals surface area contributed by atoms with Gasteiger partial charge in [-0.15, -0.1) is 0 Å². The first-order valence-electron chi connectivity index (χ1n) is 9.63. The number of fused-ring (bicyclic) bond motifs is 1. The molecule has 0 aliphatic heterocycles. The van der Waals surface area contributed by atoms with Gasteiger partial charge in [-0.1, -0.05) is 36.9 Å². The van der Waals surface area contributed by atoms with Gasteiger partial charge in [0.15, 0.2) is 16.9 Å². The Morgan fingerprint density at radius 2 is 2.03 bits per heavy atom. The van der Waals surface area contributed by atoms with Gasteiger partial charge in [0.25, 0.3) is 5.91 Å². The summed E-state index contributed by atoms with van der Waals surface area (Å²) in [6.07, 6.45) is 4.13. The number of hydrogen-bond acceptors (Lipinski definition) is 7. The average Bonchev–Trinajstić information content (AvgIpc) is 3.15. The maximum absolute atomic E-state index is 12.3. The summed E-state index contributed by atoms with van der Waals surface area (Å²) in [4.78, 5) is 21.4. The molecule has 0 spiro atoms. The lowest BCUT2D eigenvalue weighted by Crippen LogP contribution is -2.38. The first-order valence-corrected chi connectivity index (χ1v) is 10.9. The van der Waals surface area contributed by atoms with Gasteiger partial charge in [0, 0.05) is 13.1 Å². The molecule has 1 atom stereocenters. The number of rotatable bonds is 10. The topological polar surface area (TPSA) is 94.0 Å². The largest absolute Gasteiger partial charge is 0.481 e. The van der Waals surface area contributed by atoms with Gasteiger partial charge in [0.2, 0.25) is 0 Å². The lowest BCUT2D eigenvalue weighted by atomic mass is 10.3. The summed E-state index contributed by atoms with van der Waals surface area (Å²) < 4.78 is 7.44. The highest BCUT2D eigenvalue weighted by atomic mass is 32.2. The number of benzene rings is 1. The molecular formula is C20H26N6O2S. The van der Waals surface area contributed by atoms with Gasteiger partial charge in [0.05, 0.1) is 18.1 Å². The minimum atomic E-state index is -0.581. The van der Waals surface area contributed by atoms with Crippen molar-refractivity contribution in [2.45, 2.75) is 38.1 Å². The Hall–Kier alpha value is -2.81.